The maximum atomic E-state index is 12.3. The van der Waals surface area contributed by atoms with E-state index in [-0.39, 0.29) is 0 Å². The van der Waals surface area contributed by atoms with Crippen molar-refractivity contribution in [1.82, 2.24) is 4.31 Å². The molecular weight excluding hydrogens is 234 g/mol. The molecule has 3 rings (SSSR count). The van der Waals surface area contributed by atoms with Crippen LogP contribution in [0.4, 0.5) is 0 Å². The van der Waals surface area contributed by atoms with Crippen molar-refractivity contribution >= 4 is 10.0 Å². The van der Waals surface area contributed by atoms with Gasteiger partial charge in [0.2, 0.25) is 0 Å². The molecular formula is C13H15NO2S. The lowest BCUT2D eigenvalue weighted by Gasteiger charge is -2.22. The summed E-state index contributed by atoms with van der Waals surface area (Å²) in [7, 11) is -3.34. The molecule has 0 amide bonds. The van der Waals surface area contributed by atoms with E-state index in [2.05, 4.69) is 0 Å². The van der Waals surface area contributed by atoms with Gasteiger partial charge in [0.05, 0.1) is 4.90 Å². The molecule has 2 aliphatic rings. The molecule has 1 aliphatic heterocycles. The van der Waals surface area contributed by atoms with E-state index in [4.69, 9.17) is 0 Å². The molecule has 3 nitrogen and oxygen atoms in total. The molecule has 1 aliphatic carbocycles. The smallest absolute Gasteiger partial charge is 0.263 e. The first-order valence-corrected chi connectivity index (χ1v) is 7.28. The zero-order valence-electron chi connectivity index (χ0n) is 9.70. The van der Waals surface area contributed by atoms with Gasteiger partial charge in [0.15, 0.2) is 0 Å². The van der Waals surface area contributed by atoms with Gasteiger partial charge in [-0.15, -0.1) is 0 Å². The molecule has 1 aromatic rings. The highest BCUT2D eigenvalue weighted by Crippen LogP contribution is 2.43. The van der Waals surface area contributed by atoms with Gasteiger partial charge in [0.1, 0.15) is 0 Å². The van der Waals surface area contributed by atoms with E-state index in [0.717, 1.165) is 12.0 Å². The standard InChI is InChI=1S/C13H15NO2S/c1-10-2-4-13(5-3-10)17(15,16)14-7-6-11-8-12(11)9-14/h2-7,11-12H,8-9H2,1H3. The van der Waals surface area contributed by atoms with Crippen LogP contribution >= 0.6 is 0 Å². The van der Waals surface area contributed by atoms with E-state index >= 15 is 0 Å². The zero-order chi connectivity index (χ0) is 12.0. The van der Waals surface area contributed by atoms with Gasteiger partial charge in [0.25, 0.3) is 10.0 Å². The lowest BCUT2D eigenvalue weighted by atomic mass is 10.2. The molecule has 4 heteroatoms. The Balaban J connectivity index is 1.92. The van der Waals surface area contributed by atoms with Gasteiger partial charge >= 0.3 is 0 Å². The van der Waals surface area contributed by atoms with Crippen molar-refractivity contribution in [3.63, 3.8) is 0 Å². The lowest BCUT2D eigenvalue weighted by Crippen LogP contribution is -2.30. The molecule has 0 radical (unpaired) electrons. The van der Waals surface area contributed by atoms with Crippen LogP contribution in [0.5, 0.6) is 0 Å². The lowest BCUT2D eigenvalue weighted by molar-refractivity contribution is 0.462. The Bertz CT molecular complexity index is 560. The Morgan fingerprint density at radius 2 is 1.94 bits per heavy atom. The van der Waals surface area contributed by atoms with Gasteiger partial charge in [-0.1, -0.05) is 23.8 Å². The van der Waals surface area contributed by atoms with Crippen molar-refractivity contribution in [1.29, 1.82) is 0 Å². The maximum absolute atomic E-state index is 12.3. The topological polar surface area (TPSA) is 37.4 Å². The Labute approximate surface area is 102 Å². The first kappa shape index (κ1) is 10.8. The van der Waals surface area contributed by atoms with Crippen molar-refractivity contribution in [3.05, 3.63) is 42.1 Å². The second-order valence-electron chi connectivity index (χ2n) is 4.89. The van der Waals surface area contributed by atoms with Gasteiger partial charge in [-0.25, -0.2) is 8.42 Å². The summed E-state index contributed by atoms with van der Waals surface area (Å²) in [4.78, 5) is 0.381. The molecule has 1 saturated carbocycles. The van der Waals surface area contributed by atoms with Crippen molar-refractivity contribution < 1.29 is 8.42 Å². The van der Waals surface area contributed by atoms with Crippen LogP contribution in [0, 0.1) is 18.8 Å². The molecule has 0 saturated heterocycles. The molecule has 0 aromatic heterocycles. The minimum absolute atomic E-state index is 0.381. The van der Waals surface area contributed by atoms with E-state index in [1.165, 1.54) is 4.31 Å². The maximum Gasteiger partial charge on any atom is 0.263 e. The summed E-state index contributed by atoms with van der Waals surface area (Å²) in [6, 6.07) is 7.02. The fraction of sp³-hybridized carbons (Fsp3) is 0.385. The van der Waals surface area contributed by atoms with Crippen molar-refractivity contribution in [3.8, 4) is 0 Å². The minimum atomic E-state index is -3.34. The summed E-state index contributed by atoms with van der Waals surface area (Å²) in [6.07, 6.45) is 4.87. The second-order valence-corrected chi connectivity index (χ2v) is 6.78. The number of rotatable bonds is 2. The molecule has 0 bridgehead atoms. The predicted octanol–water partition coefficient (Wildman–Crippen LogP) is 2.15. The van der Waals surface area contributed by atoms with Crippen LogP contribution in [0.25, 0.3) is 0 Å². The SMILES string of the molecule is Cc1ccc(S(=O)(=O)N2C=CC3CC3C2)cc1. The Morgan fingerprint density at radius 1 is 1.24 bits per heavy atom. The third-order valence-corrected chi connectivity index (χ3v) is 5.27. The highest BCUT2D eigenvalue weighted by molar-refractivity contribution is 7.89. The van der Waals surface area contributed by atoms with Crippen LogP contribution in [0.15, 0.2) is 41.4 Å². The van der Waals surface area contributed by atoms with Gasteiger partial charge in [-0.2, -0.15) is 0 Å². The van der Waals surface area contributed by atoms with Gasteiger partial charge in [0, 0.05) is 12.7 Å². The highest BCUT2D eigenvalue weighted by atomic mass is 32.2. The summed E-state index contributed by atoms with van der Waals surface area (Å²) in [5.41, 5.74) is 1.07. The van der Waals surface area contributed by atoms with E-state index in [0.29, 0.717) is 23.3 Å². The highest BCUT2D eigenvalue weighted by Gasteiger charge is 2.41. The summed E-state index contributed by atoms with van der Waals surface area (Å²) in [5, 5.41) is 0. The van der Waals surface area contributed by atoms with Crippen LogP contribution in [0.3, 0.4) is 0 Å². The number of benzene rings is 1. The molecule has 2 atom stereocenters. The fourth-order valence-electron chi connectivity index (χ4n) is 2.24. The van der Waals surface area contributed by atoms with E-state index < -0.39 is 10.0 Å². The average Bonchev–Trinajstić information content (AvgIpc) is 3.07. The van der Waals surface area contributed by atoms with Crippen molar-refractivity contribution in [2.75, 3.05) is 6.54 Å². The molecule has 0 spiro atoms. The second kappa shape index (κ2) is 3.60. The third-order valence-electron chi connectivity index (χ3n) is 3.52. The van der Waals surface area contributed by atoms with E-state index in [9.17, 15) is 8.42 Å². The average molecular weight is 249 g/mol. The number of nitrogens with zero attached hydrogens (tertiary/aromatic N) is 1. The van der Waals surface area contributed by atoms with Crippen LogP contribution in [-0.4, -0.2) is 19.3 Å². The molecule has 1 fully saturated rings. The van der Waals surface area contributed by atoms with Crippen molar-refractivity contribution in [2.45, 2.75) is 18.2 Å². The number of hydrogen-bond donors (Lipinski definition) is 0. The van der Waals surface area contributed by atoms with E-state index in [1.54, 1.807) is 18.3 Å². The Hall–Kier alpha value is -1.29. The summed E-state index contributed by atoms with van der Waals surface area (Å²) in [5.74, 6) is 1.17. The summed E-state index contributed by atoms with van der Waals surface area (Å²) < 4.78 is 26.2. The Morgan fingerprint density at radius 3 is 2.59 bits per heavy atom. The van der Waals surface area contributed by atoms with Crippen LogP contribution in [0.2, 0.25) is 0 Å². The van der Waals surface area contributed by atoms with Crippen molar-refractivity contribution in [2.24, 2.45) is 11.8 Å². The zero-order valence-corrected chi connectivity index (χ0v) is 10.5. The summed E-state index contributed by atoms with van der Waals surface area (Å²) >= 11 is 0. The number of allylic oxidation sites excluding steroid dienone is 1. The number of fused-ring (bicyclic) bond motifs is 1. The van der Waals surface area contributed by atoms with Crippen LogP contribution in [-0.2, 0) is 10.0 Å². The first-order chi connectivity index (χ1) is 8.07. The molecule has 90 valence electrons. The molecule has 0 N–H and O–H groups in total. The Kier molecular flexibility index (Phi) is 2.30. The van der Waals surface area contributed by atoms with E-state index in [1.807, 2.05) is 25.1 Å². The third kappa shape index (κ3) is 1.86. The number of aryl methyl sites for hydroxylation is 1. The molecule has 2 unspecified atom stereocenters. The van der Waals surface area contributed by atoms with Gasteiger partial charge in [-0.3, -0.25) is 4.31 Å². The molecule has 1 aromatic carbocycles. The minimum Gasteiger partial charge on any atom is -0.273 e. The van der Waals surface area contributed by atoms with Crippen LogP contribution in [0.1, 0.15) is 12.0 Å². The first-order valence-electron chi connectivity index (χ1n) is 5.84. The van der Waals surface area contributed by atoms with Crippen LogP contribution < -0.4 is 0 Å². The van der Waals surface area contributed by atoms with Gasteiger partial charge in [-0.05, 0) is 37.3 Å². The fourth-order valence-corrected chi connectivity index (χ4v) is 3.61. The predicted molar refractivity (Wildman–Crippen MR) is 65.8 cm³/mol. The largest absolute Gasteiger partial charge is 0.273 e. The number of hydrogen-bond acceptors (Lipinski definition) is 2. The normalized spacial score (nSPS) is 26.8. The number of sulfonamides is 1. The molecule has 1 heterocycles. The van der Waals surface area contributed by atoms with Gasteiger partial charge < -0.3 is 0 Å². The summed E-state index contributed by atoms with van der Waals surface area (Å²) in [6.45, 7) is 2.59. The monoisotopic (exact) mass is 249 g/mol. The molecule has 17 heavy (non-hydrogen) atoms. The quantitative estimate of drug-likeness (QED) is 0.805.